The topological polar surface area (TPSA) is 121 Å². The minimum Gasteiger partial charge on any atom is -0.748 e. The van der Waals surface area contributed by atoms with Crippen molar-refractivity contribution in [1.82, 2.24) is 4.90 Å². The molecule has 0 saturated carbocycles. The monoisotopic (exact) mass is 298 g/mol. The molecule has 0 aliphatic carbocycles. The average Bonchev–Trinajstić information content (AvgIpc) is 2.30. The first-order valence-electron chi connectivity index (χ1n) is 6.22. The van der Waals surface area contributed by atoms with Crippen LogP contribution in [-0.2, 0) is 10.1 Å². The first-order valence-corrected chi connectivity index (χ1v) is 7.79. The van der Waals surface area contributed by atoms with Gasteiger partial charge in [-0.05, 0) is 12.3 Å². The maximum atomic E-state index is 10.7. The third-order valence-electron chi connectivity index (χ3n) is 3.03. The standard InChI is InChI=1S/C11H25NO6S/c1-10(2)7-11(8-14,9-15)12(3-5-13)4-6-19(16,17)18/h10,13-15H,3-9H2,1-2H3,(H,16,17,18)/p-1. The van der Waals surface area contributed by atoms with E-state index < -0.39 is 21.4 Å². The van der Waals surface area contributed by atoms with Crippen molar-refractivity contribution in [2.75, 3.05) is 38.7 Å². The summed E-state index contributed by atoms with van der Waals surface area (Å²) in [5.74, 6) is -0.461. The number of β-amino-alcohol motifs (C(OH)–C–C–N with tert-alkyl or cyclic N) is 1. The lowest BCUT2D eigenvalue weighted by molar-refractivity contribution is -0.0304. The molecule has 116 valence electrons. The Morgan fingerprint density at radius 1 is 1.16 bits per heavy atom. The number of aliphatic hydroxyl groups is 3. The highest BCUT2D eigenvalue weighted by atomic mass is 32.2. The summed E-state index contributed by atoms with van der Waals surface area (Å²) in [5, 5.41) is 28.1. The van der Waals surface area contributed by atoms with Crippen molar-refractivity contribution in [2.45, 2.75) is 25.8 Å². The van der Waals surface area contributed by atoms with Crippen LogP contribution in [0.25, 0.3) is 0 Å². The van der Waals surface area contributed by atoms with E-state index in [4.69, 9.17) is 5.11 Å². The maximum Gasteiger partial charge on any atom is 0.0958 e. The molecule has 0 aromatic carbocycles. The van der Waals surface area contributed by atoms with Crippen molar-refractivity contribution in [2.24, 2.45) is 5.92 Å². The van der Waals surface area contributed by atoms with E-state index in [1.54, 1.807) is 0 Å². The number of hydrogen-bond donors (Lipinski definition) is 3. The lowest BCUT2D eigenvalue weighted by atomic mass is 9.88. The summed E-state index contributed by atoms with van der Waals surface area (Å²) in [6.45, 7) is 2.77. The summed E-state index contributed by atoms with van der Waals surface area (Å²) in [6, 6.07) is 0. The fraction of sp³-hybridized carbons (Fsp3) is 1.00. The van der Waals surface area contributed by atoms with Gasteiger partial charge in [0.25, 0.3) is 0 Å². The predicted octanol–water partition coefficient (Wildman–Crippen LogP) is -1.40. The average molecular weight is 298 g/mol. The van der Waals surface area contributed by atoms with Gasteiger partial charge in [-0.1, -0.05) is 13.8 Å². The van der Waals surface area contributed by atoms with Crippen LogP contribution in [0, 0.1) is 5.92 Å². The van der Waals surface area contributed by atoms with E-state index in [1.807, 2.05) is 13.8 Å². The molecule has 0 atom stereocenters. The second kappa shape index (κ2) is 8.13. The van der Waals surface area contributed by atoms with E-state index in [9.17, 15) is 23.2 Å². The molecule has 19 heavy (non-hydrogen) atoms. The van der Waals surface area contributed by atoms with Gasteiger partial charge in [0.2, 0.25) is 0 Å². The molecule has 0 fully saturated rings. The molecule has 0 unspecified atom stereocenters. The highest BCUT2D eigenvalue weighted by Crippen LogP contribution is 2.23. The molecule has 0 spiro atoms. The SMILES string of the molecule is CC(C)CC(CO)(CO)N(CCO)CCS(=O)(=O)[O-]. The molecular formula is C11H24NO6S-. The van der Waals surface area contributed by atoms with Gasteiger partial charge in [-0.2, -0.15) is 0 Å². The molecule has 0 bridgehead atoms. The summed E-state index contributed by atoms with van der Waals surface area (Å²) in [4.78, 5) is 1.47. The van der Waals surface area contributed by atoms with Gasteiger partial charge in [0.15, 0.2) is 0 Å². The fourth-order valence-corrected chi connectivity index (χ4v) is 2.64. The minimum absolute atomic E-state index is 0.0867. The Hall–Kier alpha value is -0.250. The number of aliphatic hydroxyl groups excluding tert-OH is 3. The molecular weight excluding hydrogens is 274 g/mol. The number of hydrogen-bond acceptors (Lipinski definition) is 7. The van der Waals surface area contributed by atoms with E-state index in [0.717, 1.165) is 0 Å². The summed E-state index contributed by atoms with van der Waals surface area (Å²) < 4.78 is 32.1. The van der Waals surface area contributed by atoms with Crippen LogP contribution in [0.15, 0.2) is 0 Å². The second-order valence-electron chi connectivity index (χ2n) is 5.11. The first-order chi connectivity index (χ1) is 8.70. The van der Waals surface area contributed by atoms with Gasteiger partial charge < -0.3 is 19.9 Å². The Morgan fingerprint density at radius 2 is 1.68 bits per heavy atom. The van der Waals surface area contributed by atoms with E-state index in [-0.39, 0.29) is 38.8 Å². The second-order valence-corrected chi connectivity index (χ2v) is 6.63. The largest absolute Gasteiger partial charge is 0.748 e. The Kier molecular flexibility index (Phi) is 8.02. The molecule has 3 N–H and O–H groups in total. The van der Waals surface area contributed by atoms with Crippen molar-refractivity contribution in [3.05, 3.63) is 0 Å². The van der Waals surface area contributed by atoms with Crippen LogP contribution in [0.4, 0.5) is 0 Å². The zero-order valence-corrected chi connectivity index (χ0v) is 12.3. The van der Waals surface area contributed by atoms with E-state index in [2.05, 4.69) is 0 Å². The Morgan fingerprint density at radius 3 is 2.00 bits per heavy atom. The third-order valence-corrected chi connectivity index (χ3v) is 3.71. The summed E-state index contributed by atoms with van der Waals surface area (Å²) in [6.07, 6.45) is 0.429. The van der Waals surface area contributed by atoms with Crippen molar-refractivity contribution < 1.29 is 28.3 Å². The summed E-state index contributed by atoms with van der Waals surface area (Å²) in [5.41, 5.74) is -1.03. The molecule has 0 heterocycles. The van der Waals surface area contributed by atoms with Gasteiger partial charge in [0, 0.05) is 13.1 Å². The molecule has 0 aromatic rings. The van der Waals surface area contributed by atoms with Crippen molar-refractivity contribution in [3.8, 4) is 0 Å². The molecule has 0 aliphatic heterocycles. The molecule has 0 saturated heterocycles. The van der Waals surface area contributed by atoms with Crippen LogP contribution in [-0.4, -0.2) is 77.4 Å². The Bertz CT molecular complexity index is 339. The molecule has 0 radical (unpaired) electrons. The number of nitrogens with zero attached hydrogens (tertiary/aromatic N) is 1. The van der Waals surface area contributed by atoms with Crippen molar-refractivity contribution in [1.29, 1.82) is 0 Å². The molecule has 8 heteroatoms. The van der Waals surface area contributed by atoms with E-state index in [0.29, 0.717) is 6.42 Å². The summed E-state index contributed by atoms with van der Waals surface area (Å²) in [7, 11) is -4.38. The van der Waals surface area contributed by atoms with Gasteiger partial charge in [-0.3, -0.25) is 4.90 Å². The van der Waals surface area contributed by atoms with Gasteiger partial charge in [0.05, 0.1) is 41.2 Å². The van der Waals surface area contributed by atoms with Crippen molar-refractivity contribution >= 4 is 10.1 Å². The van der Waals surface area contributed by atoms with Gasteiger partial charge >= 0.3 is 0 Å². The van der Waals surface area contributed by atoms with Gasteiger partial charge in [-0.25, -0.2) is 8.42 Å². The molecule has 7 nitrogen and oxygen atoms in total. The molecule has 0 amide bonds. The van der Waals surface area contributed by atoms with Crippen LogP contribution in [0.1, 0.15) is 20.3 Å². The third kappa shape index (κ3) is 6.64. The lowest BCUT2D eigenvalue weighted by Gasteiger charge is -2.42. The predicted molar refractivity (Wildman–Crippen MR) is 69.6 cm³/mol. The normalized spacial score (nSPS) is 13.5. The Labute approximate surface area is 114 Å². The van der Waals surface area contributed by atoms with Crippen LogP contribution in [0.2, 0.25) is 0 Å². The smallest absolute Gasteiger partial charge is 0.0958 e. The zero-order chi connectivity index (χ0) is 15.1. The van der Waals surface area contributed by atoms with Gasteiger partial charge in [-0.15, -0.1) is 0 Å². The maximum absolute atomic E-state index is 10.7. The van der Waals surface area contributed by atoms with E-state index >= 15 is 0 Å². The zero-order valence-electron chi connectivity index (χ0n) is 11.4. The molecule has 0 aromatic heterocycles. The quantitative estimate of drug-likeness (QED) is 0.424. The van der Waals surface area contributed by atoms with Crippen molar-refractivity contribution in [3.63, 3.8) is 0 Å². The van der Waals surface area contributed by atoms with Crippen LogP contribution in [0.5, 0.6) is 0 Å². The van der Waals surface area contributed by atoms with Crippen LogP contribution < -0.4 is 0 Å². The minimum atomic E-state index is -4.38. The first kappa shape index (κ1) is 18.8. The lowest BCUT2D eigenvalue weighted by Crippen LogP contribution is -2.57. The van der Waals surface area contributed by atoms with Crippen LogP contribution in [0.3, 0.4) is 0 Å². The fourth-order valence-electron chi connectivity index (χ4n) is 2.20. The molecule has 0 rings (SSSR count). The van der Waals surface area contributed by atoms with Gasteiger partial charge in [0.1, 0.15) is 0 Å². The summed E-state index contributed by atoms with van der Waals surface area (Å²) >= 11 is 0. The Balaban J connectivity index is 5.04. The number of rotatable bonds is 10. The molecule has 0 aliphatic rings. The van der Waals surface area contributed by atoms with E-state index in [1.165, 1.54) is 4.90 Å². The highest BCUT2D eigenvalue weighted by molar-refractivity contribution is 7.85. The van der Waals surface area contributed by atoms with Crippen LogP contribution >= 0.6 is 0 Å². The highest BCUT2D eigenvalue weighted by Gasteiger charge is 2.36.